The van der Waals surface area contributed by atoms with E-state index in [0.717, 1.165) is 11.3 Å². The number of benzene rings is 1. The van der Waals surface area contributed by atoms with Gasteiger partial charge in [-0.1, -0.05) is 24.3 Å². The monoisotopic (exact) mass is 367 g/mol. The number of pyridine rings is 1. The summed E-state index contributed by atoms with van der Waals surface area (Å²) in [6, 6.07) is 13.0. The smallest absolute Gasteiger partial charge is 0.306 e. The molecule has 0 aliphatic rings. The largest absolute Gasteiger partial charge is 0.487 e. The van der Waals surface area contributed by atoms with Gasteiger partial charge in [0.2, 0.25) is 0 Å². The fraction of sp³-hybridized carbons (Fsp3) is 0.250. The van der Waals surface area contributed by atoms with E-state index in [-0.39, 0.29) is 18.6 Å². The molecule has 0 spiro atoms. The topological polar surface area (TPSA) is 97.1 Å². The Labute approximate surface area is 156 Å². The van der Waals surface area contributed by atoms with Crippen LogP contribution in [0.25, 0.3) is 0 Å². The Hall–Kier alpha value is -3.35. The second kappa shape index (κ2) is 8.35. The molecule has 140 valence electrons. The van der Waals surface area contributed by atoms with E-state index in [2.05, 4.69) is 15.2 Å². The minimum atomic E-state index is -0.493. The molecule has 0 saturated carbocycles. The van der Waals surface area contributed by atoms with Crippen LogP contribution < -0.4 is 10.3 Å². The van der Waals surface area contributed by atoms with Crippen LogP contribution in [0, 0.1) is 6.92 Å². The first kappa shape index (κ1) is 18.4. The van der Waals surface area contributed by atoms with Crippen molar-refractivity contribution >= 4 is 5.97 Å². The number of ether oxygens (including phenoxy) is 2. The van der Waals surface area contributed by atoms with Crippen molar-refractivity contribution < 1.29 is 14.3 Å². The lowest BCUT2D eigenvalue weighted by Crippen LogP contribution is -2.18. The van der Waals surface area contributed by atoms with Crippen LogP contribution in [0.4, 0.5) is 0 Å². The summed E-state index contributed by atoms with van der Waals surface area (Å²) in [5.41, 5.74) is 2.43. The van der Waals surface area contributed by atoms with Gasteiger partial charge in [-0.3, -0.25) is 19.7 Å². The second-order valence-electron chi connectivity index (χ2n) is 6.10. The molecule has 0 amide bonds. The van der Waals surface area contributed by atoms with Crippen LogP contribution in [-0.2, 0) is 16.1 Å². The molecule has 1 atom stereocenters. The molecule has 27 heavy (non-hydrogen) atoms. The number of methoxy groups -OCH3 is 1. The number of H-pyrrole nitrogens is 2. The number of nitrogens with one attached hydrogen (secondary N) is 2. The molecule has 0 bridgehead atoms. The minimum absolute atomic E-state index is 0.0300. The van der Waals surface area contributed by atoms with Crippen molar-refractivity contribution in [3.8, 4) is 5.75 Å². The highest BCUT2D eigenvalue weighted by molar-refractivity contribution is 5.71. The van der Waals surface area contributed by atoms with E-state index < -0.39 is 11.9 Å². The molecule has 0 aliphatic carbocycles. The zero-order chi connectivity index (χ0) is 19.2. The summed E-state index contributed by atoms with van der Waals surface area (Å²) in [6.45, 7) is 2.07. The third-order valence-electron chi connectivity index (χ3n) is 4.36. The molecule has 2 aromatic heterocycles. The van der Waals surface area contributed by atoms with E-state index in [0.29, 0.717) is 17.0 Å². The quantitative estimate of drug-likeness (QED) is 0.626. The fourth-order valence-corrected chi connectivity index (χ4v) is 3.03. The lowest BCUT2D eigenvalue weighted by atomic mass is 9.88. The number of para-hydroxylation sites is 1. The highest BCUT2D eigenvalue weighted by Gasteiger charge is 2.27. The van der Waals surface area contributed by atoms with Crippen LogP contribution in [0.1, 0.15) is 34.9 Å². The average Bonchev–Trinajstić information content (AvgIpc) is 3.03. The molecular formula is C20H21N3O4. The number of aryl methyl sites for hydroxylation is 1. The molecule has 2 N–H and O–H groups in total. The predicted molar refractivity (Wildman–Crippen MR) is 99.6 cm³/mol. The number of aromatic nitrogens is 3. The van der Waals surface area contributed by atoms with E-state index in [4.69, 9.17) is 9.47 Å². The Balaban J connectivity index is 1.97. The zero-order valence-electron chi connectivity index (χ0n) is 15.2. The summed E-state index contributed by atoms with van der Waals surface area (Å²) in [5.74, 6) is -0.302. The number of rotatable bonds is 7. The Kier molecular flexibility index (Phi) is 5.71. The number of aromatic amines is 2. The molecule has 3 aromatic rings. The number of hydrogen-bond acceptors (Lipinski definition) is 5. The lowest BCUT2D eigenvalue weighted by Gasteiger charge is -2.19. The average molecular weight is 367 g/mol. The van der Waals surface area contributed by atoms with Crippen LogP contribution in [-0.4, -0.2) is 28.3 Å². The van der Waals surface area contributed by atoms with Gasteiger partial charge in [0, 0.05) is 28.9 Å². The van der Waals surface area contributed by atoms with Crippen molar-refractivity contribution in [1.82, 2.24) is 15.2 Å². The summed E-state index contributed by atoms with van der Waals surface area (Å²) in [7, 11) is 1.33. The first-order valence-electron chi connectivity index (χ1n) is 8.55. The first-order chi connectivity index (χ1) is 13.1. The van der Waals surface area contributed by atoms with Gasteiger partial charge < -0.3 is 14.6 Å². The highest BCUT2D eigenvalue weighted by Crippen LogP contribution is 2.34. The van der Waals surface area contributed by atoms with Crippen LogP contribution in [0.5, 0.6) is 5.75 Å². The maximum absolute atomic E-state index is 12.3. The Morgan fingerprint density at radius 2 is 1.93 bits per heavy atom. The SMILES string of the molecule is COC(=O)C[C@@H](c1ccccc1OCc1ccccn1)c1c(C)[nH][nH]c1=O. The zero-order valence-corrected chi connectivity index (χ0v) is 15.2. The maximum Gasteiger partial charge on any atom is 0.306 e. The number of carbonyl (C=O) groups excluding carboxylic acids is 1. The van der Waals surface area contributed by atoms with Crippen molar-refractivity contribution in [2.24, 2.45) is 0 Å². The number of carbonyl (C=O) groups is 1. The molecule has 1 aromatic carbocycles. The lowest BCUT2D eigenvalue weighted by molar-refractivity contribution is -0.140. The van der Waals surface area contributed by atoms with Gasteiger partial charge in [-0.2, -0.15) is 0 Å². The molecule has 7 heteroatoms. The van der Waals surface area contributed by atoms with E-state index in [1.807, 2.05) is 42.5 Å². The molecule has 3 rings (SSSR count). The molecule has 7 nitrogen and oxygen atoms in total. The summed E-state index contributed by atoms with van der Waals surface area (Å²) in [5, 5.41) is 5.39. The van der Waals surface area contributed by atoms with Crippen molar-refractivity contribution in [2.75, 3.05) is 7.11 Å². The highest BCUT2D eigenvalue weighted by atomic mass is 16.5. The summed E-state index contributed by atoms with van der Waals surface area (Å²) in [6.07, 6.45) is 1.73. The van der Waals surface area contributed by atoms with E-state index >= 15 is 0 Å². The van der Waals surface area contributed by atoms with Crippen molar-refractivity contribution in [3.63, 3.8) is 0 Å². The van der Waals surface area contributed by atoms with Gasteiger partial charge in [0.25, 0.3) is 5.56 Å². The Bertz CT molecular complexity index is 963. The molecule has 2 heterocycles. The van der Waals surface area contributed by atoms with Gasteiger partial charge in [0.15, 0.2) is 0 Å². The third kappa shape index (κ3) is 4.25. The van der Waals surface area contributed by atoms with Gasteiger partial charge in [-0.25, -0.2) is 0 Å². The fourth-order valence-electron chi connectivity index (χ4n) is 3.03. The Morgan fingerprint density at radius 1 is 1.15 bits per heavy atom. The number of hydrogen-bond donors (Lipinski definition) is 2. The Morgan fingerprint density at radius 3 is 2.59 bits per heavy atom. The molecular weight excluding hydrogens is 346 g/mol. The van der Waals surface area contributed by atoms with Crippen LogP contribution >= 0.6 is 0 Å². The summed E-state index contributed by atoms with van der Waals surface area (Å²) >= 11 is 0. The maximum atomic E-state index is 12.3. The van der Waals surface area contributed by atoms with Crippen LogP contribution in [0.3, 0.4) is 0 Å². The first-order valence-corrected chi connectivity index (χ1v) is 8.55. The summed E-state index contributed by atoms with van der Waals surface area (Å²) < 4.78 is 10.8. The van der Waals surface area contributed by atoms with Gasteiger partial charge in [0.05, 0.1) is 19.2 Å². The van der Waals surface area contributed by atoms with Gasteiger partial charge in [0.1, 0.15) is 12.4 Å². The van der Waals surface area contributed by atoms with Crippen molar-refractivity contribution in [3.05, 3.63) is 81.5 Å². The van der Waals surface area contributed by atoms with Crippen molar-refractivity contribution in [1.29, 1.82) is 0 Å². The van der Waals surface area contributed by atoms with Gasteiger partial charge >= 0.3 is 5.97 Å². The standard InChI is InChI=1S/C20H21N3O4/c1-13-19(20(25)23-22-13)16(11-18(24)26-2)15-8-3-4-9-17(15)27-12-14-7-5-6-10-21-14/h3-10,16H,11-12H2,1-2H3,(H2,22,23,25)/t16-/m0/s1. The molecule has 0 radical (unpaired) electrons. The van der Waals surface area contributed by atoms with Crippen molar-refractivity contribution in [2.45, 2.75) is 25.9 Å². The van der Waals surface area contributed by atoms with E-state index in [1.165, 1.54) is 7.11 Å². The molecule has 0 saturated heterocycles. The molecule has 0 aliphatic heterocycles. The normalized spacial score (nSPS) is 11.8. The van der Waals surface area contributed by atoms with Crippen LogP contribution in [0.15, 0.2) is 53.5 Å². The van der Waals surface area contributed by atoms with Crippen LogP contribution in [0.2, 0.25) is 0 Å². The second-order valence-corrected chi connectivity index (χ2v) is 6.10. The summed E-state index contributed by atoms with van der Waals surface area (Å²) in [4.78, 5) is 28.6. The van der Waals surface area contributed by atoms with E-state index in [9.17, 15) is 9.59 Å². The number of esters is 1. The third-order valence-corrected chi connectivity index (χ3v) is 4.36. The predicted octanol–water partition coefficient (Wildman–Crippen LogP) is 2.68. The van der Waals surface area contributed by atoms with E-state index in [1.54, 1.807) is 13.1 Å². The molecule has 0 fully saturated rings. The molecule has 0 unspecified atom stereocenters. The van der Waals surface area contributed by atoms with Gasteiger partial charge in [-0.15, -0.1) is 0 Å². The minimum Gasteiger partial charge on any atom is -0.487 e. The van der Waals surface area contributed by atoms with Gasteiger partial charge in [-0.05, 0) is 25.1 Å². The number of nitrogens with zero attached hydrogens (tertiary/aromatic N) is 1.